The molecule has 0 aliphatic heterocycles. The smallest absolute Gasteiger partial charge is 0.253 e. The summed E-state index contributed by atoms with van der Waals surface area (Å²) in [5, 5.41) is 5.23. The number of hydrogen-bond donors (Lipinski definition) is 3. The van der Waals surface area contributed by atoms with Gasteiger partial charge in [0.1, 0.15) is 0 Å². The van der Waals surface area contributed by atoms with Crippen LogP contribution in [0.4, 0.5) is 5.69 Å². The zero-order valence-electron chi connectivity index (χ0n) is 9.82. The maximum atomic E-state index is 11.5. The molecule has 5 heteroatoms. The number of nitrogens with one attached hydrogen (secondary N) is 2. The van der Waals surface area contributed by atoms with Crippen LogP contribution in [0.25, 0.3) is 0 Å². The molecule has 0 aliphatic carbocycles. The van der Waals surface area contributed by atoms with Gasteiger partial charge in [0, 0.05) is 13.5 Å². The number of carbonyl (C=O) groups is 2. The normalized spacial score (nSPS) is 9.76. The fourth-order valence-corrected chi connectivity index (χ4v) is 1.40. The molecule has 5 nitrogen and oxygen atoms in total. The first kappa shape index (κ1) is 13.2. The van der Waals surface area contributed by atoms with Crippen molar-refractivity contribution >= 4 is 17.5 Å². The van der Waals surface area contributed by atoms with Crippen LogP contribution in [0, 0.1) is 0 Å². The van der Waals surface area contributed by atoms with Crippen molar-refractivity contribution in [3.05, 3.63) is 29.8 Å². The number of amides is 2. The van der Waals surface area contributed by atoms with Gasteiger partial charge in [-0.25, -0.2) is 0 Å². The van der Waals surface area contributed by atoms with E-state index in [4.69, 9.17) is 5.73 Å². The second-order valence-corrected chi connectivity index (χ2v) is 3.57. The SMILES string of the molecule is CNC(=O)c1ccccc1NC(=O)CCCN. The van der Waals surface area contributed by atoms with Crippen LogP contribution in [0.5, 0.6) is 0 Å². The van der Waals surface area contributed by atoms with Gasteiger partial charge in [-0.05, 0) is 25.1 Å². The third kappa shape index (κ3) is 3.88. The van der Waals surface area contributed by atoms with E-state index in [1.165, 1.54) is 0 Å². The molecule has 4 N–H and O–H groups in total. The first-order chi connectivity index (χ1) is 8.19. The Balaban J connectivity index is 2.76. The van der Waals surface area contributed by atoms with Gasteiger partial charge in [-0.3, -0.25) is 9.59 Å². The van der Waals surface area contributed by atoms with Gasteiger partial charge >= 0.3 is 0 Å². The van der Waals surface area contributed by atoms with Crippen LogP contribution in [-0.4, -0.2) is 25.4 Å². The summed E-state index contributed by atoms with van der Waals surface area (Å²) in [4.78, 5) is 23.1. The molecule has 92 valence electrons. The summed E-state index contributed by atoms with van der Waals surface area (Å²) >= 11 is 0. The van der Waals surface area contributed by atoms with Gasteiger partial charge in [-0.2, -0.15) is 0 Å². The topological polar surface area (TPSA) is 84.2 Å². The van der Waals surface area contributed by atoms with E-state index in [2.05, 4.69) is 10.6 Å². The molecule has 17 heavy (non-hydrogen) atoms. The predicted octanol–water partition coefficient (Wildman–Crippen LogP) is 0.724. The quantitative estimate of drug-likeness (QED) is 0.703. The monoisotopic (exact) mass is 235 g/mol. The molecule has 0 bridgehead atoms. The Morgan fingerprint density at radius 2 is 2.00 bits per heavy atom. The van der Waals surface area contributed by atoms with Crippen LogP contribution in [-0.2, 0) is 4.79 Å². The lowest BCUT2D eigenvalue weighted by Crippen LogP contribution is -2.21. The maximum absolute atomic E-state index is 11.5. The van der Waals surface area contributed by atoms with E-state index in [1.807, 2.05) is 0 Å². The first-order valence-electron chi connectivity index (χ1n) is 5.50. The van der Waals surface area contributed by atoms with E-state index in [0.717, 1.165) is 0 Å². The Hall–Kier alpha value is -1.88. The van der Waals surface area contributed by atoms with E-state index in [0.29, 0.717) is 30.6 Å². The van der Waals surface area contributed by atoms with Crippen LogP contribution in [0.3, 0.4) is 0 Å². The molecule has 1 aromatic carbocycles. The van der Waals surface area contributed by atoms with Crippen LogP contribution in [0.2, 0.25) is 0 Å². The van der Waals surface area contributed by atoms with Gasteiger partial charge in [0.15, 0.2) is 0 Å². The van der Waals surface area contributed by atoms with Crippen molar-refractivity contribution in [2.75, 3.05) is 18.9 Å². The Kier molecular flexibility index (Phi) is 5.16. The second kappa shape index (κ2) is 6.65. The van der Waals surface area contributed by atoms with Gasteiger partial charge in [0.25, 0.3) is 5.91 Å². The fraction of sp³-hybridized carbons (Fsp3) is 0.333. The van der Waals surface area contributed by atoms with E-state index >= 15 is 0 Å². The second-order valence-electron chi connectivity index (χ2n) is 3.57. The summed E-state index contributed by atoms with van der Waals surface area (Å²) in [6, 6.07) is 6.88. The summed E-state index contributed by atoms with van der Waals surface area (Å²) in [5.74, 6) is -0.355. The minimum atomic E-state index is -0.222. The largest absolute Gasteiger partial charge is 0.355 e. The minimum Gasteiger partial charge on any atom is -0.355 e. The molecule has 0 heterocycles. The fourth-order valence-electron chi connectivity index (χ4n) is 1.40. The first-order valence-corrected chi connectivity index (χ1v) is 5.50. The molecular formula is C12H17N3O2. The summed E-state index contributed by atoms with van der Waals surface area (Å²) in [6.07, 6.45) is 0.993. The van der Waals surface area contributed by atoms with Crippen molar-refractivity contribution in [1.29, 1.82) is 0 Å². The zero-order valence-corrected chi connectivity index (χ0v) is 9.82. The van der Waals surface area contributed by atoms with Crippen molar-refractivity contribution in [2.24, 2.45) is 5.73 Å². The molecule has 1 aromatic rings. The number of rotatable bonds is 5. The van der Waals surface area contributed by atoms with Crippen LogP contribution in [0.15, 0.2) is 24.3 Å². The molecule has 0 atom stereocenters. The summed E-state index contributed by atoms with van der Waals surface area (Å²) in [7, 11) is 1.55. The van der Waals surface area contributed by atoms with Crippen molar-refractivity contribution in [3.63, 3.8) is 0 Å². The molecule has 1 rings (SSSR count). The average Bonchev–Trinajstić information content (AvgIpc) is 2.36. The number of para-hydroxylation sites is 1. The minimum absolute atomic E-state index is 0.133. The van der Waals surface area contributed by atoms with Crippen molar-refractivity contribution in [1.82, 2.24) is 5.32 Å². The number of carbonyl (C=O) groups excluding carboxylic acids is 2. The molecule has 2 amide bonds. The van der Waals surface area contributed by atoms with E-state index in [-0.39, 0.29) is 11.8 Å². The van der Waals surface area contributed by atoms with Gasteiger partial charge in [-0.15, -0.1) is 0 Å². The van der Waals surface area contributed by atoms with Crippen molar-refractivity contribution < 1.29 is 9.59 Å². The Morgan fingerprint density at radius 3 is 2.65 bits per heavy atom. The molecule has 0 unspecified atom stereocenters. The highest BCUT2D eigenvalue weighted by Gasteiger charge is 2.10. The summed E-state index contributed by atoms with van der Waals surface area (Å²) < 4.78 is 0. The van der Waals surface area contributed by atoms with Crippen LogP contribution < -0.4 is 16.4 Å². The highest BCUT2D eigenvalue weighted by atomic mass is 16.2. The number of anilines is 1. The van der Waals surface area contributed by atoms with E-state index < -0.39 is 0 Å². The van der Waals surface area contributed by atoms with Crippen molar-refractivity contribution in [2.45, 2.75) is 12.8 Å². The summed E-state index contributed by atoms with van der Waals surface area (Å²) in [6.45, 7) is 0.477. The van der Waals surface area contributed by atoms with Crippen molar-refractivity contribution in [3.8, 4) is 0 Å². The Morgan fingerprint density at radius 1 is 1.29 bits per heavy atom. The Labute approximate surface area is 100 Å². The molecule has 0 radical (unpaired) electrons. The lowest BCUT2D eigenvalue weighted by molar-refractivity contribution is -0.116. The molecule has 0 saturated heterocycles. The number of nitrogens with two attached hydrogens (primary N) is 1. The standard InChI is InChI=1S/C12H17N3O2/c1-14-12(17)9-5-2-3-6-10(9)15-11(16)7-4-8-13/h2-3,5-6H,4,7-8,13H2,1H3,(H,14,17)(H,15,16). The lowest BCUT2D eigenvalue weighted by atomic mass is 10.1. The van der Waals surface area contributed by atoms with E-state index in [1.54, 1.807) is 31.3 Å². The molecule has 0 fully saturated rings. The van der Waals surface area contributed by atoms with Gasteiger partial charge in [0.2, 0.25) is 5.91 Å². The zero-order chi connectivity index (χ0) is 12.7. The highest BCUT2D eigenvalue weighted by Crippen LogP contribution is 2.15. The number of hydrogen-bond acceptors (Lipinski definition) is 3. The molecule has 0 spiro atoms. The summed E-state index contributed by atoms with van der Waals surface area (Å²) in [5.41, 5.74) is 6.30. The predicted molar refractivity (Wildman–Crippen MR) is 66.8 cm³/mol. The van der Waals surface area contributed by atoms with Gasteiger partial charge in [0.05, 0.1) is 11.3 Å². The molecule has 0 saturated carbocycles. The molecule has 0 aromatic heterocycles. The maximum Gasteiger partial charge on any atom is 0.253 e. The third-order valence-electron chi connectivity index (χ3n) is 2.28. The van der Waals surface area contributed by atoms with Crippen LogP contribution in [0.1, 0.15) is 23.2 Å². The van der Waals surface area contributed by atoms with Gasteiger partial charge in [-0.1, -0.05) is 12.1 Å². The van der Waals surface area contributed by atoms with E-state index in [9.17, 15) is 9.59 Å². The van der Waals surface area contributed by atoms with Gasteiger partial charge < -0.3 is 16.4 Å². The highest BCUT2D eigenvalue weighted by molar-refractivity contribution is 6.03. The average molecular weight is 235 g/mol. The Bertz CT molecular complexity index is 404. The molecular weight excluding hydrogens is 218 g/mol. The third-order valence-corrected chi connectivity index (χ3v) is 2.28. The lowest BCUT2D eigenvalue weighted by Gasteiger charge is -2.09. The van der Waals surface area contributed by atoms with Crippen LogP contribution >= 0.6 is 0 Å². The molecule has 0 aliphatic rings. The number of benzene rings is 1.